The molecular weight excluding hydrogens is 320 g/mol. The van der Waals surface area contributed by atoms with Crippen LogP contribution in [-0.4, -0.2) is 38.0 Å². The van der Waals surface area contributed by atoms with E-state index in [-0.39, 0.29) is 11.5 Å². The Kier molecular flexibility index (Phi) is 3.70. The quantitative estimate of drug-likeness (QED) is 0.564. The minimum Gasteiger partial charge on any atom is -0.341 e. The summed E-state index contributed by atoms with van der Waals surface area (Å²) in [6.07, 6.45) is 3.32. The smallest absolute Gasteiger partial charge is 0.276 e. The predicted octanol–water partition coefficient (Wildman–Crippen LogP) is 1.81. The maximum Gasteiger partial charge on any atom is 0.276 e. The van der Waals surface area contributed by atoms with Crippen molar-refractivity contribution in [3.05, 3.63) is 65.6 Å². The molecule has 2 amide bonds. The van der Waals surface area contributed by atoms with Gasteiger partial charge in [-0.1, -0.05) is 24.3 Å². The molecule has 3 aromatic rings. The number of nitrogens with one attached hydrogen (secondary N) is 1. The number of hydrogen-bond donors (Lipinski definition) is 2. The highest BCUT2D eigenvalue weighted by Crippen LogP contribution is 2.22. The first-order valence-corrected chi connectivity index (χ1v) is 7.94. The van der Waals surface area contributed by atoms with E-state index in [1.807, 2.05) is 30.3 Å². The van der Waals surface area contributed by atoms with Crippen LogP contribution in [0.1, 0.15) is 26.4 Å². The Balaban J connectivity index is 1.63. The number of carbonyl (C=O) groups is 2. The Hall–Kier alpha value is -3.19. The summed E-state index contributed by atoms with van der Waals surface area (Å²) in [6, 6.07) is 11.3. The van der Waals surface area contributed by atoms with Gasteiger partial charge in [-0.15, -0.1) is 0 Å². The van der Waals surface area contributed by atoms with E-state index in [0.717, 1.165) is 16.5 Å². The third kappa shape index (κ3) is 2.64. The highest BCUT2D eigenvalue weighted by Gasteiger charge is 2.27. The Morgan fingerprint density at radius 1 is 1.24 bits per heavy atom. The van der Waals surface area contributed by atoms with E-state index in [4.69, 9.17) is 5.21 Å². The number of carbonyl (C=O) groups excluding carboxylic acids is 2. The molecule has 1 aromatic carbocycles. The van der Waals surface area contributed by atoms with E-state index in [1.54, 1.807) is 27.3 Å². The highest BCUT2D eigenvalue weighted by atomic mass is 16.5. The van der Waals surface area contributed by atoms with E-state index >= 15 is 0 Å². The lowest BCUT2D eigenvalue weighted by Gasteiger charge is -2.28. The lowest BCUT2D eigenvalue weighted by atomic mass is 10.1. The van der Waals surface area contributed by atoms with Crippen LogP contribution in [-0.2, 0) is 13.1 Å². The number of amides is 2. The van der Waals surface area contributed by atoms with Gasteiger partial charge in [-0.25, -0.2) is 5.48 Å². The summed E-state index contributed by atoms with van der Waals surface area (Å²) < 4.78 is 1.74. The van der Waals surface area contributed by atoms with Crippen molar-refractivity contribution in [2.45, 2.75) is 13.1 Å². The zero-order valence-electron chi connectivity index (χ0n) is 13.3. The Morgan fingerprint density at radius 3 is 2.92 bits per heavy atom. The molecule has 1 aliphatic heterocycles. The molecule has 7 heteroatoms. The zero-order valence-corrected chi connectivity index (χ0v) is 13.3. The fraction of sp³-hybridized carbons (Fsp3) is 0.167. The summed E-state index contributed by atoms with van der Waals surface area (Å²) in [5.41, 5.74) is 4.17. The van der Waals surface area contributed by atoms with Gasteiger partial charge in [-0.05, 0) is 17.7 Å². The van der Waals surface area contributed by atoms with Crippen molar-refractivity contribution in [2.24, 2.45) is 0 Å². The van der Waals surface area contributed by atoms with Crippen LogP contribution in [0.3, 0.4) is 0 Å². The minimum absolute atomic E-state index is 0.142. The predicted molar refractivity (Wildman–Crippen MR) is 90.2 cm³/mol. The first-order valence-electron chi connectivity index (χ1n) is 7.94. The van der Waals surface area contributed by atoms with E-state index in [1.165, 1.54) is 6.07 Å². The Morgan fingerprint density at radius 2 is 2.08 bits per heavy atom. The van der Waals surface area contributed by atoms with Crippen LogP contribution < -0.4 is 5.48 Å². The molecule has 0 atom stereocenters. The zero-order chi connectivity index (χ0) is 17.4. The molecule has 0 spiro atoms. The monoisotopic (exact) mass is 336 g/mol. The van der Waals surface area contributed by atoms with Crippen LogP contribution in [0, 0.1) is 0 Å². The minimum atomic E-state index is -0.625. The molecule has 0 radical (unpaired) electrons. The third-order valence-electron chi connectivity index (χ3n) is 4.45. The second-order valence-corrected chi connectivity index (χ2v) is 5.97. The van der Waals surface area contributed by atoms with Crippen LogP contribution in [0.2, 0.25) is 0 Å². The summed E-state index contributed by atoms with van der Waals surface area (Å²) in [5.74, 6) is -0.768. The molecule has 0 fully saturated rings. The van der Waals surface area contributed by atoms with Gasteiger partial charge in [0.15, 0.2) is 0 Å². The molecule has 4 rings (SSSR count). The molecule has 0 bridgehead atoms. The van der Waals surface area contributed by atoms with E-state index in [0.29, 0.717) is 25.3 Å². The Bertz CT molecular complexity index is 974. The maximum absolute atomic E-state index is 12.8. The SMILES string of the molecule is O=C(NO)c1cc2n(c1)CCN(Cc1cccc3cccnc13)C2=O. The molecule has 7 nitrogen and oxygen atoms in total. The van der Waals surface area contributed by atoms with E-state index < -0.39 is 5.91 Å². The maximum atomic E-state index is 12.8. The summed E-state index contributed by atoms with van der Waals surface area (Å²) in [5, 5.41) is 9.79. The third-order valence-corrected chi connectivity index (χ3v) is 4.45. The number of rotatable bonds is 3. The van der Waals surface area contributed by atoms with Gasteiger partial charge in [0.1, 0.15) is 5.69 Å². The van der Waals surface area contributed by atoms with E-state index in [9.17, 15) is 9.59 Å². The van der Waals surface area contributed by atoms with Gasteiger partial charge in [-0.3, -0.25) is 19.8 Å². The molecular formula is C18H16N4O3. The normalized spacial score (nSPS) is 13.8. The number of aromatic nitrogens is 2. The van der Waals surface area contributed by atoms with Crippen molar-refractivity contribution in [3.63, 3.8) is 0 Å². The fourth-order valence-corrected chi connectivity index (χ4v) is 3.21. The molecule has 0 unspecified atom stereocenters. The Labute approximate surface area is 143 Å². The fourth-order valence-electron chi connectivity index (χ4n) is 3.21. The van der Waals surface area contributed by atoms with Crippen molar-refractivity contribution < 1.29 is 14.8 Å². The number of benzene rings is 1. The van der Waals surface area contributed by atoms with Crippen molar-refractivity contribution in [1.82, 2.24) is 19.9 Å². The van der Waals surface area contributed by atoms with Gasteiger partial charge in [0.25, 0.3) is 11.8 Å². The summed E-state index contributed by atoms with van der Waals surface area (Å²) in [6.45, 7) is 1.60. The molecule has 126 valence electrons. The average molecular weight is 336 g/mol. The molecule has 0 saturated heterocycles. The van der Waals surface area contributed by atoms with Crippen molar-refractivity contribution in [1.29, 1.82) is 0 Å². The van der Waals surface area contributed by atoms with Gasteiger partial charge >= 0.3 is 0 Å². The number of nitrogens with zero attached hydrogens (tertiary/aromatic N) is 3. The van der Waals surface area contributed by atoms with Crippen LogP contribution in [0.15, 0.2) is 48.8 Å². The van der Waals surface area contributed by atoms with Crippen LogP contribution in [0.4, 0.5) is 0 Å². The van der Waals surface area contributed by atoms with Crippen molar-refractivity contribution in [2.75, 3.05) is 6.54 Å². The summed E-state index contributed by atoms with van der Waals surface area (Å²) in [4.78, 5) is 30.5. The van der Waals surface area contributed by atoms with Crippen molar-refractivity contribution >= 4 is 22.7 Å². The number of pyridine rings is 1. The highest BCUT2D eigenvalue weighted by molar-refractivity contribution is 5.99. The van der Waals surface area contributed by atoms with Crippen LogP contribution in [0.25, 0.3) is 10.9 Å². The van der Waals surface area contributed by atoms with Gasteiger partial charge in [-0.2, -0.15) is 0 Å². The molecule has 0 aliphatic carbocycles. The largest absolute Gasteiger partial charge is 0.341 e. The van der Waals surface area contributed by atoms with Crippen LogP contribution in [0.5, 0.6) is 0 Å². The number of hydroxylamine groups is 1. The molecule has 25 heavy (non-hydrogen) atoms. The molecule has 1 aliphatic rings. The van der Waals surface area contributed by atoms with Gasteiger partial charge in [0.05, 0.1) is 11.1 Å². The first kappa shape index (κ1) is 15.3. The second kappa shape index (κ2) is 6.03. The van der Waals surface area contributed by atoms with Gasteiger partial charge in [0, 0.05) is 37.4 Å². The van der Waals surface area contributed by atoms with Gasteiger partial charge in [0.2, 0.25) is 0 Å². The lowest BCUT2D eigenvalue weighted by Crippen LogP contribution is -2.39. The number of hydrogen-bond acceptors (Lipinski definition) is 4. The number of para-hydroxylation sites is 1. The lowest BCUT2D eigenvalue weighted by molar-refractivity contribution is 0.0690. The first-order chi connectivity index (χ1) is 12.2. The molecule has 2 aromatic heterocycles. The molecule has 2 N–H and O–H groups in total. The molecule has 3 heterocycles. The number of fused-ring (bicyclic) bond motifs is 2. The summed E-state index contributed by atoms with van der Waals surface area (Å²) >= 11 is 0. The standard InChI is InChI=1S/C18H16N4O3/c23-17(20-25)14-9-15-18(24)22(8-7-21(15)11-14)10-13-4-1-3-12-5-2-6-19-16(12)13/h1-6,9,11,25H,7-8,10H2,(H,20,23). The average Bonchev–Trinajstić information content (AvgIpc) is 3.09. The van der Waals surface area contributed by atoms with E-state index in [2.05, 4.69) is 4.98 Å². The topological polar surface area (TPSA) is 87.5 Å². The second-order valence-electron chi connectivity index (χ2n) is 5.97. The molecule has 0 saturated carbocycles. The van der Waals surface area contributed by atoms with Gasteiger partial charge < -0.3 is 9.47 Å². The summed E-state index contributed by atoms with van der Waals surface area (Å²) in [7, 11) is 0. The van der Waals surface area contributed by atoms with Crippen LogP contribution >= 0.6 is 0 Å². The van der Waals surface area contributed by atoms with Crippen molar-refractivity contribution in [3.8, 4) is 0 Å².